The highest BCUT2D eigenvalue weighted by Gasteiger charge is 2.30. The summed E-state index contributed by atoms with van der Waals surface area (Å²) in [7, 11) is -4.03. The molecular weight excluding hydrogens is 481 g/mol. The van der Waals surface area contributed by atoms with Gasteiger partial charge in [0.05, 0.1) is 18.3 Å². The Hall–Kier alpha value is -3.66. The molecule has 0 spiro atoms. The summed E-state index contributed by atoms with van der Waals surface area (Å²) >= 11 is 0. The van der Waals surface area contributed by atoms with Crippen molar-refractivity contribution in [3.8, 4) is 0 Å². The van der Waals surface area contributed by atoms with E-state index in [1.54, 1.807) is 19.1 Å². The predicted molar refractivity (Wildman–Crippen MR) is 126 cm³/mol. The van der Waals surface area contributed by atoms with Crippen LogP contribution in [0, 0.1) is 17.5 Å². The number of amides is 1. The van der Waals surface area contributed by atoms with E-state index in [1.807, 2.05) is 4.72 Å². The van der Waals surface area contributed by atoms with Crippen molar-refractivity contribution in [3.05, 3.63) is 88.4 Å². The van der Waals surface area contributed by atoms with Gasteiger partial charge >= 0.3 is 0 Å². The molecule has 35 heavy (non-hydrogen) atoms. The van der Waals surface area contributed by atoms with Crippen LogP contribution in [0.3, 0.4) is 0 Å². The molecule has 1 amide bonds. The molecule has 0 radical (unpaired) electrons. The van der Waals surface area contributed by atoms with Gasteiger partial charge in [0, 0.05) is 28.5 Å². The Morgan fingerprint density at radius 3 is 2.49 bits per heavy atom. The van der Waals surface area contributed by atoms with Crippen molar-refractivity contribution in [1.29, 1.82) is 0 Å². The summed E-state index contributed by atoms with van der Waals surface area (Å²) in [5.74, 6) is -3.51. The van der Waals surface area contributed by atoms with Gasteiger partial charge in [0.2, 0.25) is 10.0 Å². The molecule has 0 unspecified atom stereocenters. The molecule has 0 saturated heterocycles. The van der Waals surface area contributed by atoms with E-state index in [4.69, 9.17) is 0 Å². The lowest BCUT2D eigenvalue weighted by atomic mass is 9.92. The summed E-state index contributed by atoms with van der Waals surface area (Å²) < 4.78 is 70.2. The van der Waals surface area contributed by atoms with Crippen molar-refractivity contribution in [2.75, 3.05) is 6.26 Å². The lowest BCUT2D eigenvalue weighted by Crippen LogP contribution is -2.32. The molecule has 182 valence electrons. The van der Waals surface area contributed by atoms with E-state index in [9.17, 15) is 31.2 Å². The first-order chi connectivity index (χ1) is 16.5. The fourth-order valence-electron chi connectivity index (χ4n) is 4.17. The van der Waals surface area contributed by atoms with Gasteiger partial charge in [0.1, 0.15) is 23.1 Å². The zero-order chi connectivity index (χ0) is 25.5. The molecule has 1 heterocycles. The largest absolute Gasteiger partial charge is 0.331 e. The number of aromatic nitrogens is 1. The van der Waals surface area contributed by atoms with Gasteiger partial charge in [-0.1, -0.05) is 25.2 Å². The third kappa shape index (κ3) is 4.79. The molecule has 2 aromatic carbocycles. The first-order valence-corrected chi connectivity index (χ1v) is 12.6. The lowest BCUT2D eigenvalue weighted by Gasteiger charge is -2.14. The number of allylic oxidation sites excluding steroid dienone is 4. The maximum Gasteiger partial charge on any atom is 0.282 e. The third-order valence-electron chi connectivity index (χ3n) is 5.71. The number of nitrogens with one attached hydrogen (secondary N) is 1. The number of aryl methyl sites for hydroxylation is 1. The van der Waals surface area contributed by atoms with Gasteiger partial charge in [-0.05, 0) is 42.3 Å². The number of rotatable bonds is 6. The minimum absolute atomic E-state index is 0.0476. The minimum atomic E-state index is -4.03. The van der Waals surface area contributed by atoms with Crippen LogP contribution in [-0.4, -0.2) is 30.9 Å². The fourth-order valence-corrected chi connectivity index (χ4v) is 4.61. The molecule has 0 bridgehead atoms. The topological polar surface area (TPSA) is 85.2 Å². The van der Waals surface area contributed by atoms with Crippen LogP contribution < -0.4 is 4.72 Å². The first-order valence-electron chi connectivity index (χ1n) is 10.7. The second-order valence-electron chi connectivity index (χ2n) is 8.20. The van der Waals surface area contributed by atoms with Gasteiger partial charge < -0.3 is 4.57 Å². The zero-order valence-corrected chi connectivity index (χ0v) is 19.7. The highest BCUT2D eigenvalue weighted by Crippen LogP contribution is 2.36. The molecule has 3 aromatic rings. The summed E-state index contributed by atoms with van der Waals surface area (Å²) in [6, 6.07) is 5.42. The number of fused-ring (bicyclic) bond motifs is 1. The van der Waals surface area contributed by atoms with Crippen LogP contribution in [0.25, 0.3) is 16.5 Å². The van der Waals surface area contributed by atoms with Crippen molar-refractivity contribution in [1.82, 2.24) is 9.29 Å². The van der Waals surface area contributed by atoms with Gasteiger partial charge in [-0.15, -0.1) is 0 Å². The van der Waals surface area contributed by atoms with Gasteiger partial charge in [0.25, 0.3) is 5.91 Å². The monoisotopic (exact) mass is 502 g/mol. The van der Waals surface area contributed by atoms with E-state index in [-0.39, 0.29) is 40.1 Å². The number of halogens is 3. The first kappa shape index (κ1) is 24.5. The number of ketones is 1. The number of hydrogen-bond acceptors (Lipinski definition) is 4. The number of sulfonamides is 1. The molecule has 0 aliphatic heterocycles. The van der Waals surface area contributed by atoms with E-state index < -0.39 is 39.9 Å². The van der Waals surface area contributed by atoms with Crippen molar-refractivity contribution in [3.63, 3.8) is 0 Å². The molecular formula is C25H21F3N2O4S. The number of hydrogen-bond donors (Lipinski definition) is 1. The van der Waals surface area contributed by atoms with E-state index in [1.165, 1.54) is 16.7 Å². The summed E-state index contributed by atoms with van der Waals surface area (Å²) in [6.45, 7) is 1.31. The maximum absolute atomic E-state index is 14.9. The number of nitrogens with zero attached hydrogens (tertiary/aromatic N) is 1. The minimum Gasteiger partial charge on any atom is -0.331 e. The van der Waals surface area contributed by atoms with Crippen molar-refractivity contribution < 1.29 is 31.2 Å². The van der Waals surface area contributed by atoms with Crippen LogP contribution in [-0.2, 0) is 27.8 Å². The Morgan fingerprint density at radius 2 is 1.83 bits per heavy atom. The van der Waals surface area contributed by atoms with E-state index >= 15 is 0 Å². The molecule has 4 rings (SSSR count). The van der Waals surface area contributed by atoms with Crippen LogP contribution in [0.4, 0.5) is 13.2 Å². The van der Waals surface area contributed by atoms with Crippen molar-refractivity contribution >= 4 is 38.2 Å². The summed E-state index contributed by atoms with van der Waals surface area (Å²) in [5, 5.41) is 0.314. The summed E-state index contributed by atoms with van der Waals surface area (Å²) in [6.07, 6.45) is 5.87. The van der Waals surface area contributed by atoms with E-state index in [0.29, 0.717) is 17.4 Å². The molecule has 0 fully saturated rings. The second-order valence-corrected chi connectivity index (χ2v) is 9.95. The zero-order valence-electron chi connectivity index (χ0n) is 18.9. The summed E-state index contributed by atoms with van der Waals surface area (Å²) in [4.78, 5) is 26.1. The molecule has 0 atom stereocenters. The SMILES string of the molecule is CCc1cc2c(C3=CC=CCC3=O)c(C(=O)NS(C)(=O)=O)n(Cc3cc(F)ccc3F)c2cc1F. The number of carbonyl (C=O) groups is 2. The molecule has 10 heteroatoms. The molecule has 1 N–H and O–H groups in total. The smallest absolute Gasteiger partial charge is 0.282 e. The summed E-state index contributed by atoms with van der Waals surface area (Å²) in [5.41, 5.74) is 0.232. The number of Topliss-reactive ketones (excluding diaryl/α,β-unsaturated/α-hetero) is 1. The highest BCUT2D eigenvalue weighted by atomic mass is 32.2. The van der Waals surface area contributed by atoms with Crippen LogP contribution >= 0.6 is 0 Å². The van der Waals surface area contributed by atoms with E-state index in [0.717, 1.165) is 30.5 Å². The molecule has 6 nitrogen and oxygen atoms in total. The van der Waals surface area contributed by atoms with Gasteiger partial charge in [-0.2, -0.15) is 0 Å². The average molecular weight is 503 g/mol. The molecule has 1 aliphatic rings. The lowest BCUT2D eigenvalue weighted by molar-refractivity contribution is -0.113. The van der Waals surface area contributed by atoms with Crippen LogP contribution in [0.1, 0.15) is 40.5 Å². The van der Waals surface area contributed by atoms with Gasteiger partial charge in [0.15, 0.2) is 5.78 Å². The molecule has 1 aliphatic carbocycles. The number of carbonyl (C=O) groups excluding carboxylic acids is 2. The number of benzene rings is 2. The maximum atomic E-state index is 14.9. The highest BCUT2D eigenvalue weighted by molar-refractivity contribution is 7.89. The average Bonchev–Trinajstić information content (AvgIpc) is 3.07. The van der Waals surface area contributed by atoms with Crippen LogP contribution in [0.15, 0.2) is 48.6 Å². The van der Waals surface area contributed by atoms with Crippen LogP contribution in [0.2, 0.25) is 0 Å². The van der Waals surface area contributed by atoms with Gasteiger partial charge in [-0.25, -0.2) is 26.3 Å². The van der Waals surface area contributed by atoms with E-state index in [2.05, 4.69) is 0 Å². The quantitative estimate of drug-likeness (QED) is 0.546. The second kappa shape index (κ2) is 9.18. The molecule has 0 saturated carbocycles. The standard InChI is InChI=1S/C25H21F3N2O4S/c1-3-14-11-18-21(12-20(14)28)30(13-15-10-16(26)8-9-19(15)27)24(25(32)29-35(2,33)34)23(18)17-6-4-5-7-22(17)31/h4-6,8-12H,3,7,13H2,1-2H3,(H,29,32). The van der Waals surface area contributed by atoms with Crippen molar-refractivity contribution in [2.45, 2.75) is 26.3 Å². The Bertz CT molecular complexity index is 1550. The predicted octanol–water partition coefficient (Wildman–Crippen LogP) is 4.27. The molecule has 1 aromatic heterocycles. The third-order valence-corrected chi connectivity index (χ3v) is 6.27. The fraction of sp³-hybridized carbons (Fsp3) is 0.200. The Balaban J connectivity index is 2.12. The van der Waals surface area contributed by atoms with Gasteiger partial charge in [-0.3, -0.25) is 9.59 Å². The Kier molecular flexibility index (Phi) is 6.42. The Labute approximate surface area is 199 Å². The Morgan fingerprint density at radius 1 is 1.09 bits per heavy atom. The van der Waals surface area contributed by atoms with Crippen LogP contribution in [0.5, 0.6) is 0 Å². The van der Waals surface area contributed by atoms with Crippen molar-refractivity contribution in [2.24, 2.45) is 0 Å². The normalized spacial score (nSPS) is 13.9.